The summed E-state index contributed by atoms with van der Waals surface area (Å²) in [7, 11) is 0. The minimum Gasteiger partial charge on any atom is -0.481 e. The van der Waals surface area contributed by atoms with Gasteiger partial charge in [0.25, 0.3) is 0 Å². The summed E-state index contributed by atoms with van der Waals surface area (Å²) in [6.45, 7) is 0. The fourth-order valence-electron chi connectivity index (χ4n) is 2.37. The molecule has 1 aromatic rings. The fourth-order valence-corrected chi connectivity index (χ4v) is 2.37. The number of carbonyl (C=O) groups is 1. The van der Waals surface area contributed by atoms with Crippen LogP contribution in [0.1, 0.15) is 17.7 Å². The van der Waals surface area contributed by atoms with Gasteiger partial charge in [0.2, 0.25) is 0 Å². The van der Waals surface area contributed by atoms with Gasteiger partial charge in [-0.05, 0) is 24.3 Å². The van der Waals surface area contributed by atoms with E-state index in [0.29, 0.717) is 5.92 Å². The molecule has 1 saturated carbocycles. The van der Waals surface area contributed by atoms with Gasteiger partial charge < -0.3 is 5.11 Å². The first-order valence-corrected chi connectivity index (χ1v) is 4.01. The molecule has 0 aromatic carbocycles. The van der Waals surface area contributed by atoms with Crippen LogP contribution in [0.5, 0.6) is 0 Å². The molecule has 2 aliphatic carbocycles. The third-order valence-corrected chi connectivity index (χ3v) is 3.12. The maximum absolute atomic E-state index is 11.0. The summed E-state index contributed by atoms with van der Waals surface area (Å²) in [6, 6.07) is 0. The Hall–Kier alpha value is -1.32. The first kappa shape index (κ1) is 6.22. The van der Waals surface area contributed by atoms with Gasteiger partial charge >= 0.3 is 5.97 Å². The molecule has 0 saturated heterocycles. The summed E-state index contributed by atoms with van der Waals surface area (Å²) in [4.78, 5) is 11.0. The SMILES string of the molecule is O=C(O)C12CC1Cc1cn[nH]c12. The first-order chi connectivity index (χ1) is 5.75. The molecule has 2 atom stereocenters. The Morgan fingerprint density at radius 3 is 3.42 bits per heavy atom. The van der Waals surface area contributed by atoms with Crippen LogP contribution in [0.3, 0.4) is 0 Å². The Morgan fingerprint density at radius 1 is 1.83 bits per heavy atom. The molecule has 0 radical (unpaired) electrons. The van der Waals surface area contributed by atoms with Crippen molar-refractivity contribution in [2.45, 2.75) is 18.3 Å². The van der Waals surface area contributed by atoms with Gasteiger partial charge in [0, 0.05) is 0 Å². The van der Waals surface area contributed by atoms with Crippen molar-refractivity contribution < 1.29 is 9.90 Å². The third-order valence-electron chi connectivity index (χ3n) is 3.12. The summed E-state index contributed by atoms with van der Waals surface area (Å²) >= 11 is 0. The summed E-state index contributed by atoms with van der Waals surface area (Å²) in [5.74, 6) is -0.366. The molecule has 1 heterocycles. The Morgan fingerprint density at radius 2 is 2.67 bits per heavy atom. The number of aliphatic carboxylic acids is 1. The molecule has 2 N–H and O–H groups in total. The predicted octanol–water partition coefficient (Wildman–Crippen LogP) is 0.308. The van der Waals surface area contributed by atoms with Crippen LogP contribution in [-0.4, -0.2) is 21.3 Å². The molecule has 4 nitrogen and oxygen atoms in total. The number of aromatic nitrogens is 2. The van der Waals surface area contributed by atoms with Crippen molar-refractivity contribution in [2.75, 3.05) is 0 Å². The second kappa shape index (κ2) is 1.55. The van der Waals surface area contributed by atoms with E-state index in [1.807, 2.05) is 0 Å². The molecule has 0 spiro atoms. The van der Waals surface area contributed by atoms with Crippen molar-refractivity contribution >= 4 is 5.97 Å². The molecule has 0 aliphatic heterocycles. The van der Waals surface area contributed by atoms with Crippen LogP contribution in [-0.2, 0) is 16.6 Å². The summed E-state index contributed by atoms with van der Waals surface area (Å²) in [5.41, 5.74) is 1.36. The lowest BCUT2D eigenvalue weighted by molar-refractivity contribution is -0.140. The van der Waals surface area contributed by atoms with E-state index in [4.69, 9.17) is 5.11 Å². The normalized spacial score (nSPS) is 35.8. The van der Waals surface area contributed by atoms with Crippen molar-refractivity contribution in [3.63, 3.8) is 0 Å². The van der Waals surface area contributed by atoms with Crippen LogP contribution < -0.4 is 0 Å². The summed E-state index contributed by atoms with van der Waals surface area (Å²) < 4.78 is 0. The number of H-pyrrole nitrogens is 1. The van der Waals surface area contributed by atoms with Gasteiger partial charge in [0.15, 0.2) is 0 Å². The number of nitrogens with one attached hydrogen (secondary N) is 1. The van der Waals surface area contributed by atoms with E-state index in [0.717, 1.165) is 24.1 Å². The van der Waals surface area contributed by atoms with Crippen molar-refractivity contribution in [1.82, 2.24) is 10.2 Å². The average molecular weight is 164 g/mol. The van der Waals surface area contributed by atoms with Crippen molar-refractivity contribution in [3.05, 3.63) is 17.5 Å². The zero-order chi connectivity index (χ0) is 8.34. The lowest BCUT2D eigenvalue weighted by Crippen LogP contribution is -2.20. The van der Waals surface area contributed by atoms with Gasteiger partial charge in [0.05, 0.1) is 11.9 Å². The molecule has 62 valence electrons. The number of hydrogen-bond donors (Lipinski definition) is 2. The van der Waals surface area contributed by atoms with Crippen molar-refractivity contribution in [3.8, 4) is 0 Å². The topological polar surface area (TPSA) is 66.0 Å². The van der Waals surface area contributed by atoms with Gasteiger partial charge in [-0.3, -0.25) is 9.89 Å². The number of carboxylic acid groups (broad SMARTS) is 1. The number of aromatic amines is 1. The minimum atomic E-state index is -0.699. The number of fused-ring (bicyclic) bond motifs is 3. The number of rotatable bonds is 1. The zero-order valence-corrected chi connectivity index (χ0v) is 6.37. The standard InChI is InChI=1S/C8H8N2O2/c11-7(12)8-2-5(8)1-4-3-9-10-6(4)8/h3,5H,1-2H2,(H,9,10)(H,11,12). The van der Waals surface area contributed by atoms with Gasteiger partial charge in [-0.15, -0.1) is 0 Å². The highest BCUT2D eigenvalue weighted by Crippen LogP contribution is 2.61. The maximum Gasteiger partial charge on any atom is 0.316 e. The van der Waals surface area contributed by atoms with E-state index in [1.54, 1.807) is 6.20 Å². The van der Waals surface area contributed by atoms with Gasteiger partial charge in [0.1, 0.15) is 5.41 Å². The van der Waals surface area contributed by atoms with Crippen LogP contribution in [0, 0.1) is 5.92 Å². The van der Waals surface area contributed by atoms with Crippen LogP contribution in [0.15, 0.2) is 6.20 Å². The molecular weight excluding hydrogens is 156 g/mol. The minimum absolute atomic E-state index is 0.333. The summed E-state index contributed by atoms with van der Waals surface area (Å²) in [5, 5.41) is 15.7. The first-order valence-electron chi connectivity index (χ1n) is 4.01. The van der Waals surface area contributed by atoms with Gasteiger partial charge in [-0.1, -0.05) is 0 Å². The van der Waals surface area contributed by atoms with E-state index in [1.165, 1.54) is 0 Å². The highest BCUT2D eigenvalue weighted by atomic mass is 16.4. The molecule has 1 fully saturated rings. The molecule has 1 aromatic heterocycles. The monoisotopic (exact) mass is 164 g/mol. The second-order valence-corrected chi connectivity index (χ2v) is 3.65. The van der Waals surface area contributed by atoms with Gasteiger partial charge in [-0.2, -0.15) is 5.10 Å². The number of nitrogens with zero attached hydrogens (tertiary/aromatic N) is 1. The molecule has 3 rings (SSSR count). The number of carboxylic acids is 1. The molecule has 0 bridgehead atoms. The van der Waals surface area contributed by atoms with Crippen molar-refractivity contribution in [2.24, 2.45) is 5.92 Å². The van der Waals surface area contributed by atoms with E-state index in [2.05, 4.69) is 10.2 Å². The van der Waals surface area contributed by atoms with E-state index in [9.17, 15) is 4.79 Å². The third kappa shape index (κ3) is 0.451. The summed E-state index contributed by atoms with van der Waals surface area (Å²) in [6.07, 6.45) is 3.42. The van der Waals surface area contributed by atoms with Crippen LogP contribution in [0.2, 0.25) is 0 Å². The molecule has 2 unspecified atom stereocenters. The van der Waals surface area contributed by atoms with Crippen LogP contribution in [0.4, 0.5) is 0 Å². The van der Waals surface area contributed by atoms with E-state index in [-0.39, 0.29) is 0 Å². The molecule has 4 heteroatoms. The Kier molecular flexibility index (Phi) is 0.805. The smallest absolute Gasteiger partial charge is 0.316 e. The maximum atomic E-state index is 11.0. The van der Waals surface area contributed by atoms with Gasteiger partial charge in [-0.25, -0.2) is 0 Å². The zero-order valence-electron chi connectivity index (χ0n) is 6.37. The predicted molar refractivity (Wildman–Crippen MR) is 39.7 cm³/mol. The molecular formula is C8H8N2O2. The highest BCUT2D eigenvalue weighted by molar-refractivity contribution is 5.87. The average Bonchev–Trinajstić information content (AvgIpc) is 2.43. The van der Waals surface area contributed by atoms with Crippen LogP contribution >= 0.6 is 0 Å². The number of hydrogen-bond acceptors (Lipinski definition) is 2. The van der Waals surface area contributed by atoms with Crippen LogP contribution in [0.25, 0.3) is 0 Å². The molecule has 12 heavy (non-hydrogen) atoms. The second-order valence-electron chi connectivity index (χ2n) is 3.65. The lowest BCUT2D eigenvalue weighted by atomic mass is 10.0. The highest BCUT2D eigenvalue weighted by Gasteiger charge is 2.67. The fraction of sp³-hybridized carbons (Fsp3) is 0.500. The molecule has 0 amide bonds. The quantitative estimate of drug-likeness (QED) is 0.627. The van der Waals surface area contributed by atoms with E-state index >= 15 is 0 Å². The largest absolute Gasteiger partial charge is 0.481 e. The Bertz CT molecular complexity index is 371. The Labute approximate surface area is 68.6 Å². The van der Waals surface area contributed by atoms with Crippen molar-refractivity contribution in [1.29, 1.82) is 0 Å². The molecule has 2 aliphatic rings. The Balaban J connectivity index is 2.19. The lowest BCUT2D eigenvalue weighted by Gasteiger charge is -2.03. The van der Waals surface area contributed by atoms with E-state index < -0.39 is 11.4 Å².